The maximum atomic E-state index is 12.7. The highest BCUT2D eigenvalue weighted by atomic mass is 16.7. The molecule has 0 amide bonds. The first-order chi connectivity index (χ1) is 14.0. The van der Waals surface area contributed by atoms with E-state index in [1.807, 2.05) is 24.3 Å². The van der Waals surface area contributed by atoms with Gasteiger partial charge in [0, 0.05) is 5.56 Å². The van der Waals surface area contributed by atoms with Crippen LogP contribution < -0.4 is 9.47 Å². The number of ketones is 1. The van der Waals surface area contributed by atoms with Gasteiger partial charge in [0.05, 0.1) is 24.8 Å². The molecular weight excluding hydrogens is 376 g/mol. The van der Waals surface area contributed by atoms with E-state index in [2.05, 4.69) is 16.4 Å². The third-order valence-electron chi connectivity index (χ3n) is 4.21. The van der Waals surface area contributed by atoms with E-state index < -0.39 is 12.1 Å². The number of benzene rings is 2. The van der Waals surface area contributed by atoms with Crippen molar-refractivity contribution in [3.8, 4) is 11.5 Å². The minimum absolute atomic E-state index is 0.0376. The van der Waals surface area contributed by atoms with Crippen LogP contribution in [0.25, 0.3) is 6.08 Å². The van der Waals surface area contributed by atoms with E-state index in [-0.39, 0.29) is 22.7 Å². The van der Waals surface area contributed by atoms with E-state index in [0.29, 0.717) is 23.7 Å². The fraction of sp³-hybridized carbons (Fsp3) is 0.227. The summed E-state index contributed by atoms with van der Waals surface area (Å²) in [7, 11) is 1.09. The summed E-state index contributed by atoms with van der Waals surface area (Å²) in [4.78, 5) is 35.8. The molecule has 0 radical (unpaired) electrons. The van der Waals surface area contributed by atoms with Crippen molar-refractivity contribution in [2.24, 2.45) is 0 Å². The lowest BCUT2D eigenvalue weighted by atomic mass is 10.1. The van der Waals surface area contributed by atoms with Crippen LogP contribution in [0.1, 0.15) is 46.0 Å². The Labute approximate surface area is 167 Å². The van der Waals surface area contributed by atoms with E-state index >= 15 is 0 Å². The van der Waals surface area contributed by atoms with Gasteiger partial charge in [-0.2, -0.15) is 0 Å². The molecule has 150 valence electrons. The molecule has 0 unspecified atom stereocenters. The number of ether oxygens (including phenoxy) is 4. The Morgan fingerprint density at radius 3 is 2.69 bits per heavy atom. The Morgan fingerprint density at radius 2 is 1.93 bits per heavy atom. The third-order valence-corrected chi connectivity index (χ3v) is 4.21. The van der Waals surface area contributed by atoms with Crippen molar-refractivity contribution < 1.29 is 33.3 Å². The van der Waals surface area contributed by atoms with Gasteiger partial charge >= 0.3 is 12.1 Å². The predicted octanol–water partition coefficient (Wildman–Crippen LogP) is 4.40. The molecule has 0 spiro atoms. The van der Waals surface area contributed by atoms with Crippen molar-refractivity contribution in [1.29, 1.82) is 0 Å². The van der Waals surface area contributed by atoms with Gasteiger partial charge in [0.15, 0.2) is 5.76 Å². The highest BCUT2D eigenvalue weighted by molar-refractivity contribution is 6.15. The molecule has 0 bridgehead atoms. The molecule has 7 heteroatoms. The van der Waals surface area contributed by atoms with Crippen LogP contribution in [0.3, 0.4) is 0 Å². The van der Waals surface area contributed by atoms with Crippen LogP contribution in [0.4, 0.5) is 4.79 Å². The number of fused-ring (bicyclic) bond motifs is 1. The van der Waals surface area contributed by atoms with Crippen molar-refractivity contribution in [1.82, 2.24) is 0 Å². The Morgan fingerprint density at radius 1 is 1.14 bits per heavy atom. The summed E-state index contributed by atoms with van der Waals surface area (Å²) in [6, 6.07) is 11.6. The van der Waals surface area contributed by atoms with Gasteiger partial charge in [-0.1, -0.05) is 31.5 Å². The first kappa shape index (κ1) is 20.1. The van der Waals surface area contributed by atoms with Crippen molar-refractivity contribution >= 4 is 24.0 Å². The molecule has 2 aromatic rings. The summed E-state index contributed by atoms with van der Waals surface area (Å²) in [6.45, 7) is 2.66. The number of Topliss-reactive ketones (excluding diaryl/α,β-unsaturated/α-hetero) is 1. The van der Waals surface area contributed by atoms with Gasteiger partial charge in [0.2, 0.25) is 5.78 Å². The zero-order valence-electron chi connectivity index (χ0n) is 16.1. The number of para-hydroxylation sites is 1. The van der Waals surface area contributed by atoms with Crippen LogP contribution in [0.15, 0.2) is 48.2 Å². The highest BCUT2D eigenvalue weighted by Gasteiger charge is 2.29. The predicted molar refractivity (Wildman–Crippen MR) is 104 cm³/mol. The number of carbonyl (C=O) groups excluding carboxylic acids is 3. The zero-order valence-corrected chi connectivity index (χ0v) is 16.1. The van der Waals surface area contributed by atoms with Crippen LogP contribution >= 0.6 is 0 Å². The van der Waals surface area contributed by atoms with Crippen LogP contribution in [0, 0.1) is 0 Å². The number of unbranched alkanes of at least 4 members (excludes halogenated alkanes) is 1. The molecule has 1 aliphatic heterocycles. The smallest absolute Gasteiger partial charge is 0.493 e. The molecule has 3 rings (SSSR count). The number of esters is 1. The molecule has 2 aromatic carbocycles. The normalized spacial score (nSPS) is 13.6. The Balaban J connectivity index is 1.82. The average Bonchev–Trinajstić information content (AvgIpc) is 3.04. The van der Waals surface area contributed by atoms with Gasteiger partial charge in [0.25, 0.3) is 0 Å². The van der Waals surface area contributed by atoms with Gasteiger partial charge in [-0.15, -0.1) is 0 Å². The highest BCUT2D eigenvalue weighted by Crippen LogP contribution is 2.34. The summed E-state index contributed by atoms with van der Waals surface area (Å²) >= 11 is 0. The van der Waals surface area contributed by atoms with Crippen molar-refractivity contribution in [3.05, 3.63) is 64.9 Å². The fourth-order valence-electron chi connectivity index (χ4n) is 2.69. The number of carbonyl (C=O) groups is 3. The molecule has 0 atom stereocenters. The van der Waals surface area contributed by atoms with Crippen LogP contribution in [-0.2, 0) is 9.47 Å². The lowest BCUT2D eigenvalue weighted by molar-refractivity contribution is 0.0452. The number of rotatable bonds is 6. The summed E-state index contributed by atoms with van der Waals surface area (Å²) in [5.41, 5.74) is 0.959. The average molecular weight is 396 g/mol. The quantitative estimate of drug-likeness (QED) is 0.309. The molecule has 0 saturated carbocycles. The lowest BCUT2D eigenvalue weighted by Gasteiger charge is -2.08. The number of hydrogen-bond donors (Lipinski definition) is 0. The first-order valence-corrected chi connectivity index (χ1v) is 9.13. The largest absolute Gasteiger partial charge is 0.516 e. The van der Waals surface area contributed by atoms with E-state index in [1.54, 1.807) is 6.08 Å². The maximum absolute atomic E-state index is 12.7. The van der Waals surface area contributed by atoms with E-state index in [0.717, 1.165) is 20.0 Å². The molecular formula is C22H20O7. The molecule has 29 heavy (non-hydrogen) atoms. The lowest BCUT2D eigenvalue weighted by Crippen LogP contribution is -2.12. The number of methoxy groups -OCH3 is 1. The second-order valence-corrected chi connectivity index (χ2v) is 6.23. The van der Waals surface area contributed by atoms with Crippen LogP contribution in [0.5, 0.6) is 11.5 Å². The van der Waals surface area contributed by atoms with Gasteiger partial charge in [0.1, 0.15) is 11.5 Å². The van der Waals surface area contributed by atoms with Crippen molar-refractivity contribution in [2.45, 2.75) is 19.8 Å². The minimum atomic E-state index is -1.13. The molecule has 0 aliphatic carbocycles. The summed E-state index contributed by atoms with van der Waals surface area (Å²) in [5.74, 6) is -0.205. The Bertz CT molecular complexity index is 975. The van der Waals surface area contributed by atoms with Crippen LogP contribution in [0.2, 0.25) is 0 Å². The summed E-state index contributed by atoms with van der Waals surface area (Å²) in [6.07, 6.45) is 2.42. The first-order valence-electron chi connectivity index (χ1n) is 9.13. The molecule has 0 N–H and O–H groups in total. The monoisotopic (exact) mass is 396 g/mol. The molecule has 0 saturated heterocycles. The third kappa shape index (κ3) is 4.63. The van der Waals surface area contributed by atoms with Gasteiger partial charge in [-0.05, 0) is 36.8 Å². The second-order valence-electron chi connectivity index (χ2n) is 6.23. The zero-order chi connectivity index (χ0) is 20.8. The maximum Gasteiger partial charge on any atom is 0.516 e. The number of allylic oxidation sites excluding steroid dienone is 1. The molecule has 1 heterocycles. The van der Waals surface area contributed by atoms with E-state index in [4.69, 9.17) is 9.47 Å². The van der Waals surface area contributed by atoms with Crippen molar-refractivity contribution in [2.75, 3.05) is 13.7 Å². The summed E-state index contributed by atoms with van der Waals surface area (Å²) in [5, 5.41) is 0. The molecule has 7 nitrogen and oxygen atoms in total. The van der Waals surface area contributed by atoms with Crippen molar-refractivity contribution in [3.63, 3.8) is 0 Å². The number of hydrogen-bond acceptors (Lipinski definition) is 7. The Hall–Kier alpha value is -3.61. The molecule has 0 aromatic heterocycles. The summed E-state index contributed by atoms with van der Waals surface area (Å²) < 4.78 is 20.2. The molecule has 0 fully saturated rings. The standard InChI is InChI=1S/C22H20O7/c1-3-4-11-27-17-8-6-5-7-14(17)13-19-20(23)16-12-15(9-10-18(16)28-19)21(24)29-22(25)26-2/h5-10,12-13H,3-4,11H2,1-2H3/b19-13-. The van der Waals surface area contributed by atoms with Gasteiger partial charge < -0.3 is 18.9 Å². The van der Waals surface area contributed by atoms with Crippen LogP contribution in [-0.4, -0.2) is 31.6 Å². The SMILES string of the molecule is CCCCOc1ccccc1/C=C1\Oc2ccc(C(=O)OC(=O)OC)cc2C1=O. The fourth-order valence-corrected chi connectivity index (χ4v) is 2.69. The van der Waals surface area contributed by atoms with Gasteiger partial charge in [-0.25, -0.2) is 9.59 Å². The topological polar surface area (TPSA) is 88.1 Å². The second kappa shape index (κ2) is 9.05. The Kier molecular flexibility index (Phi) is 6.29. The van der Waals surface area contributed by atoms with Gasteiger partial charge in [-0.3, -0.25) is 4.79 Å². The minimum Gasteiger partial charge on any atom is -0.493 e. The van der Waals surface area contributed by atoms with E-state index in [1.165, 1.54) is 18.2 Å². The molecule has 1 aliphatic rings. The van der Waals surface area contributed by atoms with E-state index in [9.17, 15) is 14.4 Å².